The fourth-order valence-corrected chi connectivity index (χ4v) is 5.00. The quantitative estimate of drug-likeness (QED) is 0.717. The zero-order valence-electron chi connectivity index (χ0n) is 19.3. The average Bonchev–Trinajstić information content (AvgIpc) is 3.10. The zero-order valence-corrected chi connectivity index (χ0v) is 19.3. The van der Waals surface area contributed by atoms with E-state index in [1.54, 1.807) is 9.58 Å². The van der Waals surface area contributed by atoms with E-state index < -0.39 is 23.6 Å². The van der Waals surface area contributed by atoms with Gasteiger partial charge in [-0.05, 0) is 38.6 Å². The minimum atomic E-state index is -0.711. The minimum Gasteiger partial charge on any atom is -0.391 e. The van der Waals surface area contributed by atoms with Gasteiger partial charge in [-0.15, -0.1) is 5.10 Å². The first-order valence-electron chi connectivity index (χ1n) is 11.4. The summed E-state index contributed by atoms with van der Waals surface area (Å²) >= 11 is 0. The molecule has 0 radical (unpaired) electrons. The SMILES string of the molecule is CN1CCC(C)(NC(=O)[C@@H]2C[C@@H](O)CN2C(=O)[C@@H](n2cc(C3CC3)nn2)C(C)(C)C)C1. The van der Waals surface area contributed by atoms with Gasteiger partial charge in [0.1, 0.15) is 12.1 Å². The second-order valence-corrected chi connectivity index (χ2v) is 11.1. The van der Waals surface area contributed by atoms with Gasteiger partial charge in [-0.3, -0.25) is 9.59 Å². The van der Waals surface area contributed by atoms with E-state index in [4.69, 9.17) is 0 Å². The summed E-state index contributed by atoms with van der Waals surface area (Å²) in [5.74, 6) is 0.0691. The lowest BCUT2D eigenvalue weighted by molar-refractivity contribution is -0.144. The van der Waals surface area contributed by atoms with Crippen LogP contribution in [0.25, 0.3) is 0 Å². The number of amides is 2. The van der Waals surface area contributed by atoms with Crippen LogP contribution in [-0.2, 0) is 9.59 Å². The number of aromatic nitrogens is 3. The lowest BCUT2D eigenvalue weighted by Crippen LogP contribution is -2.56. The highest BCUT2D eigenvalue weighted by molar-refractivity contribution is 5.90. The van der Waals surface area contributed by atoms with Crippen LogP contribution in [-0.4, -0.2) is 86.1 Å². The Balaban J connectivity index is 1.55. The first-order chi connectivity index (χ1) is 14.5. The second-order valence-electron chi connectivity index (χ2n) is 11.1. The van der Waals surface area contributed by atoms with Gasteiger partial charge < -0.3 is 20.2 Å². The lowest BCUT2D eigenvalue weighted by atomic mass is 9.85. The Morgan fingerprint density at radius 3 is 2.61 bits per heavy atom. The van der Waals surface area contributed by atoms with Crippen molar-refractivity contribution in [2.75, 3.05) is 26.7 Å². The molecule has 2 aliphatic heterocycles. The normalized spacial score (nSPS) is 30.6. The highest BCUT2D eigenvalue weighted by Gasteiger charge is 2.46. The van der Waals surface area contributed by atoms with Gasteiger partial charge >= 0.3 is 0 Å². The largest absolute Gasteiger partial charge is 0.391 e. The molecule has 9 heteroatoms. The van der Waals surface area contributed by atoms with Gasteiger partial charge in [0.25, 0.3) is 0 Å². The predicted molar refractivity (Wildman–Crippen MR) is 115 cm³/mol. The lowest BCUT2D eigenvalue weighted by Gasteiger charge is -2.35. The van der Waals surface area contributed by atoms with E-state index >= 15 is 0 Å². The van der Waals surface area contributed by atoms with Crippen LogP contribution in [0.5, 0.6) is 0 Å². The highest BCUT2D eigenvalue weighted by atomic mass is 16.3. The van der Waals surface area contributed by atoms with Crippen LogP contribution in [0.1, 0.15) is 71.0 Å². The third-order valence-corrected chi connectivity index (χ3v) is 6.80. The van der Waals surface area contributed by atoms with E-state index in [9.17, 15) is 14.7 Å². The Morgan fingerprint density at radius 1 is 1.32 bits per heavy atom. The Morgan fingerprint density at radius 2 is 2.03 bits per heavy atom. The molecule has 31 heavy (non-hydrogen) atoms. The molecular weight excluding hydrogens is 396 g/mol. The van der Waals surface area contributed by atoms with E-state index in [2.05, 4.69) is 20.5 Å². The molecule has 0 aromatic carbocycles. The van der Waals surface area contributed by atoms with Crippen LogP contribution in [0, 0.1) is 5.41 Å². The third kappa shape index (κ3) is 4.62. The van der Waals surface area contributed by atoms with Crippen molar-refractivity contribution in [2.45, 2.75) is 83.0 Å². The standard InChI is InChI=1S/C22H36N6O3/c1-21(2,3)18(28-12-16(24-25-28)14-6-7-14)20(31)27-11-15(29)10-17(27)19(30)23-22(4)8-9-26(5)13-22/h12,14-15,17-18,29H,6-11,13H2,1-5H3,(H,23,30)/t15-,17+,18-,22?/m1/s1. The molecule has 1 aliphatic carbocycles. The number of likely N-dealkylation sites (N-methyl/N-ethyl adjacent to an activating group) is 1. The van der Waals surface area contributed by atoms with Crippen LogP contribution in [0.15, 0.2) is 6.20 Å². The molecule has 1 aromatic heterocycles. The molecule has 172 valence electrons. The van der Waals surface area contributed by atoms with Gasteiger partial charge in [0.2, 0.25) is 11.8 Å². The molecule has 2 N–H and O–H groups in total. The monoisotopic (exact) mass is 432 g/mol. The summed E-state index contributed by atoms with van der Waals surface area (Å²) in [6.45, 7) is 9.87. The summed E-state index contributed by atoms with van der Waals surface area (Å²) in [6, 6.07) is -1.28. The van der Waals surface area contributed by atoms with E-state index in [1.165, 1.54) is 0 Å². The number of carbonyl (C=O) groups is 2. The molecule has 2 saturated heterocycles. The first-order valence-corrected chi connectivity index (χ1v) is 11.4. The van der Waals surface area contributed by atoms with E-state index in [0.29, 0.717) is 5.92 Å². The van der Waals surface area contributed by atoms with Gasteiger partial charge in [-0.2, -0.15) is 0 Å². The number of carbonyl (C=O) groups excluding carboxylic acids is 2. The number of β-amino-alcohol motifs (C(OH)–C–C–N with tert-alkyl or cyclic N) is 1. The fraction of sp³-hybridized carbons (Fsp3) is 0.818. The smallest absolute Gasteiger partial charge is 0.248 e. The minimum absolute atomic E-state index is 0.157. The van der Waals surface area contributed by atoms with Crippen LogP contribution in [0.3, 0.4) is 0 Å². The third-order valence-electron chi connectivity index (χ3n) is 6.80. The summed E-state index contributed by atoms with van der Waals surface area (Å²) in [4.78, 5) is 30.7. The van der Waals surface area contributed by atoms with Gasteiger partial charge in [0, 0.05) is 38.2 Å². The average molecular weight is 433 g/mol. The molecule has 3 heterocycles. The molecule has 4 atom stereocenters. The molecule has 1 saturated carbocycles. The number of rotatable bonds is 5. The highest BCUT2D eigenvalue weighted by Crippen LogP contribution is 2.40. The van der Waals surface area contributed by atoms with Crippen LogP contribution >= 0.6 is 0 Å². The summed E-state index contributed by atoms with van der Waals surface area (Å²) in [6.07, 6.45) is 4.51. The van der Waals surface area contributed by atoms with Gasteiger partial charge in [-0.1, -0.05) is 26.0 Å². The maximum absolute atomic E-state index is 13.8. The number of hydrogen-bond acceptors (Lipinski definition) is 6. The molecule has 0 bridgehead atoms. The molecule has 0 spiro atoms. The number of aliphatic hydroxyl groups excluding tert-OH is 1. The van der Waals surface area contributed by atoms with E-state index in [0.717, 1.165) is 38.0 Å². The van der Waals surface area contributed by atoms with Gasteiger partial charge in [0.05, 0.1) is 17.3 Å². The summed E-state index contributed by atoms with van der Waals surface area (Å²) in [5, 5.41) is 22.1. The number of nitrogens with zero attached hydrogens (tertiary/aromatic N) is 5. The van der Waals surface area contributed by atoms with Crippen molar-refractivity contribution in [3.8, 4) is 0 Å². The predicted octanol–water partition coefficient (Wildman–Crippen LogP) is 0.915. The van der Waals surface area contributed by atoms with E-state index in [1.807, 2.05) is 40.9 Å². The number of nitrogens with one attached hydrogen (secondary N) is 1. The number of likely N-dealkylation sites (tertiary alicyclic amines) is 2. The molecular formula is C22H36N6O3. The van der Waals surface area contributed by atoms with E-state index in [-0.39, 0.29) is 30.3 Å². The van der Waals surface area contributed by atoms with Crippen molar-refractivity contribution in [3.05, 3.63) is 11.9 Å². The summed E-state index contributed by atoms with van der Waals surface area (Å²) in [7, 11) is 2.04. The van der Waals surface area contributed by atoms with Crippen molar-refractivity contribution in [3.63, 3.8) is 0 Å². The molecule has 1 aromatic rings. The second kappa shape index (κ2) is 7.85. The number of hydrogen-bond donors (Lipinski definition) is 2. The molecule has 2 amide bonds. The van der Waals surface area contributed by atoms with Crippen molar-refractivity contribution in [1.29, 1.82) is 0 Å². The van der Waals surface area contributed by atoms with Crippen LogP contribution in [0.2, 0.25) is 0 Å². The van der Waals surface area contributed by atoms with Gasteiger partial charge in [0.15, 0.2) is 0 Å². The molecule has 4 rings (SSSR count). The Kier molecular flexibility index (Phi) is 5.62. The summed E-state index contributed by atoms with van der Waals surface area (Å²) in [5.41, 5.74) is 0.180. The molecule has 1 unspecified atom stereocenters. The van der Waals surface area contributed by atoms with Crippen molar-refractivity contribution < 1.29 is 14.7 Å². The van der Waals surface area contributed by atoms with Gasteiger partial charge in [-0.25, -0.2) is 4.68 Å². The zero-order chi connectivity index (χ0) is 22.6. The van der Waals surface area contributed by atoms with Crippen LogP contribution < -0.4 is 5.32 Å². The first kappa shape index (κ1) is 22.2. The van der Waals surface area contributed by atoms with Crippen LogP contribution in [0.4, 0.5) is 0 Å². The van der Waals surface area contributed by atoms with Crippen molar-refractivity contribution in [1.82, 2.24) is 30.1 Å². The molecule has 3 aliphatic rings. The Bertz CT molecular complexity index is 845. The summed E-state index contributed by atoms with van der Waals surface area (Å²) < 4.78 is 1.66. The fourth-order valence-electron chi connectivity index (χ4n) is 5.00. The maximum atomic E-state index is 13.8. The Labute approximate surface area is 184 Å². The van der Waals surface area contributed by atoms with Crippen molar-refractivity contribution >= 4 is 11.8 Å². The Hall–Kier alpha value is -2.00. The molecule has 9 nitrogen and oxygen atoms in total. The maximum Gasteiger partial charge on any atom is 0.248 e. The number of aliphatic hydroxyl groups is 1. The van der Waals surface area contributed by atoms with Crippen molar-refractivity contribution in [2.24, 2.45) is 5.41 Å². The molecule has 3 fully saturated rings. The topological polar surface area (TPSA) is 104 Å².